The smallest absolute Gasteiger partial charge is 0.262 e. The number of amides is 3. The number of nitrogens with two attached hydrogens (primary N) is 1. The van der Waals surface area contributed by atoms with Gasteiger partial charge in [0.2, 0.25) is 11.8 Å². The predicted molar refractivity (Wildman–Crippen MR) is 162 cm³/mol. The first-order chi connectivity index (χ1) is 19.9. The number of hydrogen-bond donors (Lipinski definition) is 4. The van der Waals surface area contributed by atoms with E-state index in [1.165, 1.54) is 11.3 Å². The standard InChI is InChI=1S/C31H39N5O4S/c32-24-10-9-23-20-27(41-26(23)21-24)29(38)35-31(11-4-5-12-31)30(39)34-25(19-22-7-2-1-3-8-22)28(37)33-13-6-14-36-15-17-40-18-16-36/h1-3,7-10,20-21,25H,4-6,11-19,32H2,(H,33,37)(H,34,39)(H,35,38)/t25-/m1/s1. The molecule has 0 spiro atoms. The minimum Gasteiger partial charge on any atom is -0.399 e. The first-order valence-electron chi connectivity index (χ1n) is 14.5. The maximum atomic E-state index is 13.9. The van der Waals surface area contributed by atoms with Crippen LogP contribution in [0.1, 0.15) is 47.3 Å². The van der Waals surface area contributed by atoms with Crippen molar-refractivity contribution in [3.05, 3.63) is 65.0 Å². The summed E-state index contributed by atoms with van der Waals surface area (Å²) < 4.78 is 6.33. The Kier molecular flexibility index (Phi) is 9.53. The van der Waals surface area contributed by atoms with Gasteiger partial charge in [0.1, 0.15) is 11.6 Å². The molecule has 0 unspecified atom stereocenters. The van der Waals surface area contributed by atoms with E-state index in [2.05, 4.69) is 20.9 Å². The number of anilines is 1. The summed E-state index contributed by atoms with van der Waals surface area (Å²) in [6.07, 6.45) is 3.90. The van der Waals surface area contributed by atoms with Gasteiger partial charge in [-0.05, 0) is 55.0 Å². The van der Waals surface area contributed by atoms with Gasteiger partial charge in [-0.25, -0.2) is 0 Å². The molecule has 2 fully saturated rings. The average molecular weight is 578 g/mol. The quantitative estimate of drug-likeness (QED) is 0.205. The van der Waals surface area contributed by atoms with Gasteiger partial charge in [-0.1, -0.05) is 49.2 Å². The summed E-state index contributed by atoms with van der Waals surface area (Å²) in [7, 11) is 0. The van der Waals surface area contributed by atoms with Gasteiger partial charge < -0.3 is 26.4 Å². The zero-order valence-electron chi connectivity index (χ0n) is 23.3. The van der Waals surface area contributed by atoms with E-state index in [1.54, 1.807) is 0 Å². The lowest BCUT2D eigenvalue weighted by atomic mass is 9.94. The molecule has 41 heavy (non-hydrogen) atoms. The number of ether oxygens (including phenoxy) is 1. The number of nitrogens with zero attached hydrogens (tertiary/aromatic N) is 1. The van der Waals surface area contributed by atoms with Crippen LogP contribution in [0.2, 0.25) is 0 Å². The second-order valence-corrected chi connectivity index (χ2v) is 12.0. The third-order valence-corrected chi connectivity index (χ3v) is 9.07. The maximum absolute atomic E-state index is 13.9. The van der Waals surface area contributed by atoms with Crippen molar-refractivity contribution in [2.45, 2.75) is 50.1 Å². The van der Waals surface area contributed by atoms with Crippen molar-refractivity contribution in [1.29, 1.82) is 0 Å². The third-order valence-electron chi connectivity index (χ3n) is 7.97. The molecule has 1 saturated heterocycles. The van der Waals surface area contributed by atoms with Crippen molar-refractivity contribution in [2.75, 3.05) is 45.1 Å². The number of nitrogens with one attached hydrogen (secondary N) is 3. The molecule has 218 valence electrons. The van der Waals surface area contributed by atoms with E-state index < -0.39 is 11.6 Å². The van der Waals surface area contributed by atoms with Crippen LogP contribution in [0, 0.1) is 0 Å². The van der Waals surface area contributed by atoms with E-state index in [0.29, 0.717) is 36.4 Å². The predicted octanol–water partition coefficient (Wildman–Crippen LogP) is 3.09. The fourth-order valence-electron chi connectivity index (χ4n) is 5.64. The average Bonchev–Trinajstić information content (AvgIpc) is 3.64. The Balaban J connectivity index is 1.25. The van der Waals surface area contributed by atoms with Gasteiger partial charge in [-0.3, -0.25) is 19.3 Å². The minimum absolute atomic E-state index is 0.217. The molecule has 1 atom stereocenters. The molecule has 9 nitrogen and oxygen atoms in total. The molecule has 0 bridgehead atoms. The van der Waals surface area contributed by atoms with Crippen LogP contribution in [-0.4, -0.2) is 73.6 Å². The molecule has 2 heterocycles. The zero-order chi connectivity index (χ0) is 28.7. The number of benzene rings is 2. The lowest BCUT2D eigenvalue weighted by molar-refractivity contribution is -0.132. The molecule has 3 aromatic rings. The van der Waals surface area contributed by atoms with E-state index in [-0.39, 0.29) is 17.7 Å². The van der Waals surface area contributed by atoms with Gasteiger partial charge in [-0.15, -0.1) is 11.3 Å². The van der Waals surface area contributed by atoms with Gasteiger partial charge in [0.05, 0.1) is 18.1 Å². The van der Waals surface area contributed by atoms with Crippen LogP contribution in [0.25, 0.3) is 10.1 Å². The molecule has 5 N–H and O–H groups in total. The topological polar surface area (TPSA) is 126 Å². The lowest BCUT2D eigenvalue weighted by Gasteiger charge is -2.31. The van der Waals surface area contributed by atoms with Crippen molar-refractivity contribution in [2.24, 2.45) is 0 Å². The highest BCUT2D eigenvalue weighted by atomic mass is 32.1. The summed E-state index contributed by atoms with van der Waals surface area (Å²) in [5, 5.41) is 10.1. The van der Waals surface area contributed by atoms with E-state index in [0.717, 1.165) is 67.8 Å². The Morgan fingerprint density at radius 3 is 2.54 bits per heavy atom. The van der Waals surface area contributed by atoms with Crippen LogP contribution in [0.4, 0.5) is 5.69 Å². The molecule has 10 heteroatoms. The highest BCUT2D eigenvalue weighted by molar-refractivity contribution is 7.20. The van der Waals surface area contributed by atoms with Crippen LogP contribution < -0.4 is 21.7 Å². The third kappa shape index (κ3) is 7.44. The molecule has 1 aromatic heterocycles. The Morgan fingerprint density at radius 2 is 1.78 bits per heavy atom. The van der Waals surface area contributed by atoms with Crippen molar-refractivity contribution >= 4 is 44.8 Å². The van der Waals surface area contributed by atoms with E-state index in [4.69, 9.17) is 10.5 Å². The van der Waals surface area contributed by atoms with Gasteiger partial charge in [-0.2, -0.15) is 0 Å². The van der Waals surface area contributed by atoms with Crippen LogP contribution in [-0.2, 0) is 20.7 Å². The fourth-order valence-corrected chi connectivity index (χ4v) is 6.65. The summed E-state index contributed by atoms with van der Waals surface area (Å²) in [6, 6.07) is 16.3. The van der Waals surface area contributed by atoms with Gasteiger partial charge in [0.15, 0.2) is 0 Å². The minimum atomic E-state index is -1.06. The largest absolute Gasteiger partial charge is 0.399 e. The van der Waals surface area contributed by atoms with Crippen LogP contribution in [0.3, 0.4) is 0 Å². The summed E-state index contributed by atoms with van der Waals surface area (Å²) in [5.41, 5.74) is 6.45. The van der Waals surface area contributed by atoms with Gasteiger partial charge in [0.25, 0.3) is 5.91 Å². The Hall–Kier alpha value is -3.47. The molecule has 2 aromatic carbocycles. The van der Waals surface area contributed by atoms with Crippen LogP contribution >= 0.6 is 11.3 Å². The Labute approximate surface area is 244 Å². The van der Waals surface area contributed by atoms with Crippen molar-refractivity contribution < 1.29 is 19.1 Å². The second kappa shape index (κ2) is 13.5. The maximum Gasteiger partial charge on any atom is 0.262 e. The van der Waals surface area contributed by atoms with Crippen molar-refractivity contribution in [3.63, 3.8) is 0 Å². The number of fused-ring (bicyclic) bond motifs is 1. The SMILES string of the molecule is Nc1ccc2cc(C(=O)NC3(C(=O)N[C@H](Cc4ccccc4)C(=O)NCCCN4CCOCC4)CCCC3)sc2c1. The van der Waals surface area contributed by atoms with Crippen molar-refractivity contribution in [1.82, 2.24) is 20.9 Å². The fraction of sp³-hybridized carbons (Fsp3) is 0.452. The lowest BCUT2D eigenvalue weighted by Crippen LogP contribution is -2.61. The molecule has 5 rings (SSSR count). The summed E-state index contributed by atoms with van der Waals surface area (Å²) in [4.78, 5) is 43.5. The van der Waals surface area contributed by atoms with Crippen molar-refractivity contribution in [3.8, 4) is 0 Å². The number of hydrogen-bond acceptors (Lipinski definition) is 7. The van der Waals surface area contributed by atoms with E-state index in [1.807, 2.05) is 54.6 Å². The molecule has 3 amide bonds. The number of carbonyl (C=O) groups excluding carboxylic acids is 3. The molecule has 2 aliphatic rings. The molecule has 1 aliphatic carbocycles. The number of carbonyl (C=O) groups is 3. The first-order valence-corrected chi connectivity index (χ1v) is 15.3. The molecule has 1 saturated carbocycles. The molecule has 1 aliphatic heterocycles. The van der Waals surface area contributed by atoms with E-state index in [9.17, 15) is 14.4 Å². The van der Waals surface area contributed by atoms with E-state index >= 15 is 0 Å². The summed E-state index contributed by atoms with van der Waals surface area (Å²) in [6.45, 7) is 4.71. The number of nitrogen functional groups attached to an aromatic ring is 1. The summed E-state index contributed by atoms with van der Waals surface area (Å²) >= 11 is 1.36. The zero-order valence-corrected chi connectivity index (χ0v) is 24.1. The Bertz CT molecular complexity index is 1350. The molecule has 0 radical (unpaired) electrons. The first kappa shape index (κ1) is 29.0. The monoisotopic (exact) mass is 577 g/mol. The number of morpholine rings is 1. The second-order valence-electron chi connectivity index (χ2n) is 11.0. The van der Waals surface area contributed by atoms with Gasteiger partial charge >= 0.3 is 0 Å². The summed E-state index contributed by atoms with van der Waals surface area (Å²) in [5.74, 6) is -0.808. The molecular formula is C31H39N5O4S. The number of thiophene rings is 1. The van der Waals surface area contributed by atoms with Gasteiger partial charge in [0, 0.05) is 36.4 Å². The Morgan fingerprint density at radius 1 is 1.02 bits per heavy atom. The number of rotatable bonds is 11. The molecular weight excluding hydrogens is 538 g/mol. The highest BCUT2D eigenvalue weighted by Crippen LogP contribution is 2.32. The highest BCUT2D eigenvalue weighted by Gasteiger charge is 2.44. The van der Waals surface area contributed by atoms with Crippen LogP contribution in [0.5, 0.6) is 0 Å². The normalized spacial score (nSPS) is 17.7. The van der Waals surface area contributed by atoms with Crippen LogP contribution in [0.15, 0.2) is 54.6 Å².